The number of rotatable bonds is 3. The van der Waals surface area contributed by atoms with Gasteiger partial charge in [0.15, 0.2) is 0 Å². The molecule has 0 unspecified atom stereocenters. The Morgan fingerprint density at radius 1 is 0.828 bits per heavy atom. The summed E-state index contributed by atoms with van der Waals surface area (Å²) in [5.41, 5.74) is 4.56. The fraction of sp³-hybridized carbons (Fsp3) is 0.304. The molecule has 1 fully saturated rings. The lowest BCUT2D eigenvalue weighted by atomic mass is 9.99. The number of nitrogens with zero attached hydrogens (tertiary/aromatic N) is 3. The second-order valence-corrected chi connectivity index (χ2v) is 8.17. The van der Waals surface area contributed by atoms with E-state index in [0.717, 1.165) is 29.8 Å². The fourth-order valence-electron chi connectivity index (χ4n) is 3.82. The number of amides is 2. The maximum atomic E-state index is 13.5. The molecule has 2 aliphatic heterocycles. The quantitative estimate of drug-likeness (QED) is 0.728. The van der Waals surface area contributed by atoms with Gasteiger partial charge in [0.1, 0.15) is 5.70 Å². The molecular weight excluding hydrogens is 386 g/mol. The van der Waals surface area contributed by atoms with E-state index in [9.17, 15) is 9.59 Å². The van der Waals surface area contributed by atoms with Gasteiger partial charge in [-0.1, -0.05) is 29.8 Å². The summed E-state index contributed by atoms with van der Waals surface area (Å²) in [4.78, 5) is 32.5. The molecule has 2 heterocycles. The van der Waals surface area contributed by atoms with Crippen molar-refractivity contribution in [1.82, 2.24) is 9.80 Å². The summed E-state index contributed by atoms with van der Waals surface area (Å²) >= 11 is 6.00. The molecule has 0 aliphatic carbocycles. The summed E-state index contributed by atoms with van der Waals surface area (Å²) in [6.45, 7) is 7.20. The van der Waals surface area contributed by atoms with Crippen molar-refractivity contribution >= 4 is 34.7 Å². The highest BCUT2D eigenvalue weighted by atomic mass is 35.5. The minimum absolute atomic E-state index is 0.268. The number of carbonyl (C=O) groups excluding carboxylic acids is 2. The Morgan fingerprint density at radius 3 is 2.10 bits per heavy atom. The Morgan fingerprint density at radius 2 is 1.48 bits per heavy atom. The van der Waals surface area contributed by atoms with E-state index in [1.165, 1.54) is 4.90 Å². The molecule has 0 bridgehead atoms. The topological polar surface area (TPSA) is 43.9 Å². The SMILES string of the molecule is Cc1ccc(C2=C(N3CCN(C)CC3)C(=O)N(c3ccc(Cl)cc3)C2=O)cc1C. The maximum Gasteiger partial charge on any atom is 0.282 e. The van der Waals surface area contributed by atoms with Crippen LogP contribution in [0.4, 0.5) is 5.69 Å². The second kappa shape index (κ2) is 7.65. The first-order valence-electron chi connectivity index (χ1n) is 9.76. The van der Waals surface area contributed by atoms with Gasteiger partial charge in [0.2, 0.25) is 0 Å². The Bertz CT molecular complexity index is 1010. The van der Waals surface area contributed by atoms with Gasteiger partial charge in [-0.2, -0.15) is 0 Å². The Kier molecular flexibility index (Phi) is 5.19. The third-order valence-corrected chi connectivity index (χ3v) is 6.01. The fourth-order valence-corrected chi connectivity index (χ4v) is 3.95. The highest BCUT2D eigenvalue weighted by molar-refractivity contribution is 6.45. The second-order valence-electron chi connectivity index (χ2n) is 7.74. The molecule has 1 saturated heterocycles. The monoisotopic (exact) mass is 409 g/mol. The van der Waals surface area contributed by atoms with E-state index in [0.29, 0.717) is 35.1 Å². The summed E-state index contributed by atoms with van der Waals surface area (Å²) in [6, 6.07) is 12.7. The van der Waals surface area contributed by atoms with Gasteiger partial charge >= 0.3 is 0 Å². The van der Waals surface area contributed by atoms with Crippen LogP contribution >= 0.6 is 11.6 Å². The van der Waals surface area contributed by atoms with Gasteiger partial charge in [0, 0.05) is 31.2 Å². The molecule has 5 nitrogen and oxygen atoms in total. The minimum atomic E-state index is -0.283. The molecule has 29 heavy (non-hydrogen) atoms. The van der Waals surface area contributed by atoms with E-state index in [1.807, 2.05) is 32.0 Å². The standard InChI is InChI=1S/C23H24ClN3O2/c1-15-4-5-17(14-16(15)2)20-21(26-12-10-25(3)11-13-26)23(29)27(22(20)28)19-8-6-18(24)7-9-19/h4-9,14H,10-13H2,1-3H3. The molecule has 0 saturated carbocycles. The third kappa shape index (κ3) is 3.56. The van der Waals surface area contributed by atoms with E-state index >= 15 is 0 Å². The number of likely N-dealkylation sites (N-methyl/N-ethyl adjacent to an activating group) is 1. The van der Waals surface area contributed by atoms with Crippen molar-refractivity contribution in [3.05, 3.63) is 69.9 Å². The number of piperazine rings is 1. The zero-order valence-electron chi connectivity index (χ0n) is 16.9. The third-order valence-electron chi connectivity index (χ3n) is 5.76. The highest BCUT2D eigenvalue weighted by Gasteiger charge is 2.42. The average Bonchev–Trinajstić information content (AvgIpc) is 2.96. The summed E-state index contributed by atoms with van der Waals surface area (Å²) in [5, 5.41) is 0.564. The molecule has 150 valence electrons. The molecule has 0 aromatic heterocycles. The number of carbonyl (C=O) groups is 2. The van der Waals surface area contributed by atoms with Crippen molar-refractivity contribution < 1.29 is 9.59 Å². The van der Waals surface area contributed by atoms with Crippen LogP contribution in [-0.2, 0) is 9.59 Å². The molecule has 2 aromatic rings. The summed E-state index contributed by atoms with van der Waals surface area (Å²) in [6.07, 6.45) is 0. The molecule has 0 radical (unpaired) electrons. The van der Waals surface area contributed by atoms with Crippen LogP contribution in [0.3, 0.4) is 0 Å². The van der Waals surface area contributed by atoms with Gasteiger partial charge in [0.25, 0.3) is 11.8 Å². The molecular formula is C23H24ClN3O2. The number of anilines is 1. The first kappa shape index (κ1) is 19.7. The van der Waals surface area contributed by atoms with Crippen LogP contribution in [0.1, 0.15) is 16.7 Å². The highest BCUT2D eigenvalue weighted by Crippen LogP contribution is 2.36. The zero-order chi connectivity index (χ0) is 20.7. The van der Waals surface area contributed by atoms with Gasteiger partial charge in [0.05, 0.1) is 11.3 Å². The lowest BCUT2D eigenvalue weighted by molar-refractivity contribution is -0.120. The number of imide groups is 1. The van der Waals surface area contributed by atoms with Crippen molar-refractivity contribution in [3.8, 4) is 0 Å². The molecule has 2 aliphatic rings. The van der Waals surface area contributed by atoms with Gasteiger partial charge in [-0.3, -0.25) is 9.59 Å². The molecule has 6 heteroatoms. The first-order chi connectivity index (χ1) is 13.9. The van der Waals surface area contributed by atoms with Crippen molar-refractivity contribution in [2.24, 2.45) is 0 Å². The normalized spacial score (nSPS) is 18.2. The van der Waals surface area contributed by atoms with E-state index < -0.39 is 0 Å². The number of hydrogen-bond acceptors (Lipinski definition) is 4. The van der Waals surface area contributed by atoms with Crippen molar-refractivity contribution in [3.63, 3.8) is 0 Å². The van der Waals surface area contributed by atoms with Gasteiger partial charge in [-0.05, 0) is 61.9 Å². The summed E-state index contributed by atoms with van der Waals surface area (Å²) in [7, 11) is 2.07. The van der Waals surface area contributed by atoms with Crippen LogP contribution in [0.5, 0.6) is 0 Å². The summed E-state index contributed by atoms with van der Waals surface area (Å²) < 4.78 is 0. The number of aryl methyl sites for hydroxylation is 2. The van der Waals surface area contributed by atoms with E-state index in [2.05, 4.69) is 16.8 Å². The van der Waals surface area contributed by atoms with Crippen LogP contribution in [0, 0.1) is 13.8 Å². The van der Waals surface area contributed by atoms with E-state index in [1.54, 1.807) is 24.3 Å². The van der Waals surface area contributed by atoms with Gasteiger partial charge in [-0.25, -0.2) is 4.90 Å². The van der Waals surface area contributed by atoms with Crippen LogP contribution in [0.15, 0.2) is 48.2 Å². The molecule has 4 rings (SSSR count). The van der Waals surface area contributed by atoms with Crippen LogP contribution in [0.2, 0.25) is 5.02 Å². The Hall–Kier alpha value is -2.63. The van der Waals surface area contributed by atoms with Gasteiger partial charge < -0.3 is 9.80 Å². The predicted molar refractivity (Wildman–Crippen MR) is 116 cm³/mol. The van der Waals surface area contributed by atoms with Crippen LogP contribution < -0.4 is 4.90 Å². The summed E-state index contributed by atoms with van der Waals surface area (Å²) in [5.74, 6) is -0.551. The molecule has 0 N–H and O–H groups in total. The molecule has 0 atom stereocenters. The number of hydrogen-bond donors (Lipinski definition) is 0. The van der Waals surface area contributed by atoms with Gasteiger partial charge in [-0.15, -0.1) is 0 Å². The van der Waals surface area contributed by atoms with Crippen LogP contribution in [0.25, 0.3) is 5.57 Å². The average molecular weight is 410 g/mol. The van der Waals surface area contributed by atoms with Crippen LogP contribution in [-0.4, -0.2) is 54.8 Å². The zero-order valence-corrected chi connectivity index (χ0v) is 17.7. The maximum absolute atomic E-state index is 13.5. The Labute approximate surface area is 176 Å². The molecule has 2 aromatic carbocycles. The van der Waals surface area contributed by atoms with Crippen molar-refractivity contribution in [1.29, 1.82) is 0 Å². The van der Waals surface area contributed by atoms with Crippen molar-refractivity contribution in [2.45, 2.75) is 13.8 Å². The molecule has 0 spiro atoms. The van der Waals surface area contributed by atoms with E-state index in [4.69, 9.17) is 11.6 Å². The smallest absolute Gasteiger partial charge is 0.282 e. The number of halogens is 1. The lowest BCUT2D eigenvalue weighted by Crippen LogP contribution is -2.46. The largest absolute Gasteiger partial charge is 0.364 e. The Balaban J connectivity index is 1.82. The first-order valence-corrected chi connectivity index (χ1v) is 10.1. The van der Waals surface area contributed by atoms with E-state index in [-0.39, 0.29) is 11.8 Å². The molecule has 2 amide bonds. The predicted octanol–water partition coefficient (Wildman–Crippen LogP) is 3.49. The van der Waals surface area contributed by atoms with Crippen molar-refractivity contribution in [2.75, 3.05) is 38.1 Å². The number of benzene rings is 2. The minimum Gasteiger partial charge on any atom is -0.364 e. The lowest BCUT2D eigenvalue weighted by Gasteiger charge is -2.34.